The Bertz CT molecular complexity index is 813. The van der Waals surface area contributed by atoms with Gasteiger partial charge in [0.1, 0.15) is 6.33 Å². The second-order valence-electron chi connectivity index (χ2n) is 5.36. The van der Waals surface area contributed by atoms with Gasteiger partial charge in [0.15, 0.2) is 0 Å². The van der Waals surface area contributed by atoms with Gasteiger partial charge in [-0.2, -0.15) is 0 Å². The molecule has 116 valence electrons. The van der Waals surface area contributed by atoms with Crippen LogP contribution in [0, 0.1) is 6.92 Å². The van der Waals surface area contributed by atoms with Crippen LogP contribution in [0.25, 0.3) is 5.69 Å². The standard InChI is InChI=1S/C17H17N5O/c1-12-6-3-4-9-16(12)13(2)19-17(23)14-7-5-8-15(10-14)22-11-18-20-21-22/h3-11,13H,1-2H3,(H,19,23). The molecule has 0 fully saturated rings. The largest absolute Gasteiger partial charge is 0.346 e. The molecule has 1 atom stereocenters. The van der Waals surface area contributed by atoms with Crippen molar-refractivity contribution in [2.45, 2.75) is 19.9 Å². The van der Waals surface area contributed by atoms with E-state index in [1.165, 1.54) is 11.0 Å². The first-order chi connectivity index (χ1) is 11.1. The number of aryl methyl sites for hydroxylation is 1. The van der Waals surface area contributed by atoms with Crippen LogP contribution in [0.15, 0.2) is 54.9 Å². The molecular formula is C17H17N5O. The quantitative estimate of drug-likeness (QED) is 0.803. The second kappa shape index (κ2) is 6.39. The molecule has 0 bridgehead atoms. The number of carbonyl (C=O) groups excluding carboxylic acids is 1. The highest BCUT2D eigenvalue weighted by Crippen LogP contribution is 2.17. The molecule has 3 aromatic rings. The molecule has 6 heteroatoms. The molecular weight excluding hydrogens is 290 g/mol. The highest BCUT2D eigenvalue weighted by atomic mass is 16.1. The van der Waals surface area contributed by atoms with E-state index in [4.69, 9.17) is 0 Å². The van der Waals surface area contributed by atoms with Crippen molar-refractivity contribution in [1.82, 2.24) is 25.5 Å². The predicted molar refractivity (Wildman–Crippen MR) is 86.2 cm³/mol. The highest BCUT2D eigenvalue weighted by molar-refractivity contribution is 5.95. The Morgan fingerprint density at radius 1 is 1.17 bits per heavy atom. The van der Waals surface area contributed by atoms with Crippen molar-refractivity contribution in [2.75, 3.05) is 0 Å². The van der Waals surface area contributed by atoms with E-state index in [0.717, 1.165) is 16.8 Å². The molecule has 0 aliphatic rings. The summed E-state index contributed by atoms with van der Waals surface area (Å²) in [5, 5.41) is 14.1. The van der Waals surface area contributed by atoms with Gasteiger partial charge in [-0.3, -0.25) is 4.79 Å². The Kier molecular flexibility index (Phi) is 4.14. The molecule has 6 nitrogen and oxygen atoms in total. The van der Waals surface area contributed by atoms with E-state index in [2.05, 4.69) is 20.8 Å². The van der Waals surface area contributed by atoms with Gasteiger partial charge in [-0.15, -0.1) is 5.10 Å². The van der Waals surface area contributed by atoms with Gasteiger partial charge in [0.05, 0.1) is 11.7 Å². The number of hydrogen-bond acceptors (Lipinski definition) is 4. The number of nitrogens with zero attached hydrogens (tertiary/aromatic N) is 4. The summed E-state index contributed by atoms with van der Waals surface area (Å²) in [5.41, 5.74) is 3.57. The van der Waals surface area contributed by atoms with Gasteiger partial charge in [0, 0.05) is 5.56 Å². The first-order valence-corrected chi connectivity index (χ1v) is 7.35. The van der Waals surface area contributed by atoms with Gasteiger partial charge >= 0.3 is 0 Å². The van der Waals surface area contributed by atoms with Crippen LogP contribution in [0.1, 0.15) is 34.5 Å². The molecule has 0 spiro atoms. The normalized spacial score (nSPS) is 11.9. The Balaban J connectivity index is 1.79. The molecule has 1 amide bonds. The van der Waals surface area contributed by atoms with E-state index >= 15 is 0 Å². The zero-order chi connectivity index (χ0) is 16.2. The fraction of sp³-hybridized carbons (Fsp3) is 0.176. The van der Waals surface area contributed by atoms with Crippen LogP contribution < -0.4 is 5.32 Å². The van der Waals surface area contributed by atoms with Crippen molar-refractivity contribution in [1.29, 1.82) is 0 Å². The lowest BCUT2D eigenvalue weighted by atomic mass is 10.0. The first-order valence-electron chi connectivity index (χ1n) is 7.35. The molecule has 1 heterocycles. The molecule has 1 aromatic heterocycles. The van der Waals surface area contributed by atoms with Crippen molar-refractivity contribution >= 4 is 5.91 Å². The van der Waals surface area contributed by atoms with Crippen LogP contribution in [0.5, 0.6) is 0 Å². The number of aromatic nitrogens is 4. The van der Waals surface area contributed by atoms with Gasteiger partial charge in [-0.05, 0) is 53.6 Å². The van der Waals surface area contributed by atoms with E-state index in [1.807, 2.05) is 50.2 Å². The van der Waals surface area contributed by atoms with Crippen LogP contribution in [-0.2, 0) is 0 Å². The van der Waals surface area contributed by atoms with Gasteiger partial charge in [-0.1, -0.05) is 30.3 Å². The maximum atomic E-state index is 12.5. The van der Waals surface area contributed by atoms with Crippen LogP contribution in [0.3, 0.4) is 0 Å². The van der Waals surface area contributed by atoms with Gasteiger partial charge in [0.25, 0.3) is 5.91 Å². The third-order valence-electron chi connectivity index (χ3n) is 3.72. The smallest absolute Gasteiger partial charge is 0.251 e. The summed E-state index contributed by atoms with van der Waals surface area (Å²) in [5.74, 6) is -0.129. The number of tetrazole rings is 1. The van der Waals surface area contributed by atoms with E-state index < -0.39 is 0 Å². The maximum Gasteiger partial charge on any atom is 0.251 e. The minimum absolute atomic E-state index is 0.0691. The van der Waals surface area contributed by atoms with Crippen molar-refractivity contribution in [3.8, 4) is 5.69 Å². The molecule has 23 heavy (non-hydrogen) atoms. The summed E-state index contributed by atoms with van der Waals surface area (Å²) in [7, 11) is 0. The molecule has 3 rings (SSSR count). The molecule has 0 saturated carbocycles. The van der Waals surface area contributed by atoms with Crippen molar-refractivity contribution in [3.05, 3.63) is 71.5 Å². The van der Waals surface area contributed by atoms with E-state index in [-0.39, 0.29) is 11.9 Å². The molecule has 2 aromatic carbocycles. The number of carbonyl (C=O) groups is 1. The summed E-state index contributed by atoms with van der Waals surface area (Å²) < 4.78 is 1.52. The molecule has 0 saturated heterocycles. The topological polar surface area (TPSA) is 72.7 Å². The Labute approximate surface area is 134 Å². The Hall–Kier alpha value is -3.02. The summed E-state index contributed by atoms with van der Waals surface area (Å²) in [4.78, 5) is 12.5. The second-order valence-corrected chi connectivity index (χ2v) is 5.36. The predicted octanol–water partition coefficient (Wildman–Crippen LogP) is 2.46. The number of nitrogens with one attached hydrogen (secondary N) is 1. The van der Waals surface area contributed by atoms with Crippen molar-refractivity contribution in [2.24, 2.45) is 0 Å². The summed E-state index contributed by atoms with van der Waals surface area (Å²) >= 11 is 0. The SMILES string of the molecule is Cc1ccccc1C(C)NC(=O)c1cccc(-n2cnnn2)c1. The lowest BCUT2D eigenvalue weighted by Crippen LogP contribution is -2.27. The fourth-order valence-electron chi connectivity index (χ4n) is 2.50. The number of amides is 1. The van der Waals surface area contributed by atoms with E-state index in [9.17, 15) is 4.79 Å². The number of rotatable bonds is 4. The van der Waals surface area contributed by atoms with E-state index in [1.54, 1.807) is 12.1 Å². The van der Waals surface area contributed by atoms with Gasteiger partial charge in [0.2, 0.25) is 0 Å². The monoisotopic (exact) mass is 307 g/mol. The Morgan fingerprint density at radius 2 is 2.00 bits per heavy atom. The number of hydrogen-bond donors (Lipinski definition) is 1. The fourth-order valence-corrected chi connectivity index (χ4v) is 2.50. The van der Waals surface area contributed by atoms with E-state index in [0.29, 0.717) is 5.56 Å². The minimum atomic E-state index is -0.129. The molecule has 0 aliphatic carbocycles. The zero-order valence-corrected chi connectivity index (χ0v) is 13.0. The highest BCUT2D eigenvalue weighted by Gasteiger charge is 2.13. The van der Waals surface area contributed by atoms with Crippen molar-refractivity contribution in [3.63, 3.8) is 0 Å². The third-order valence-corrected chi connectivity index (χ3v) is 3.72. The van der Waals surface area contributed by atoms with Gasteiger partial charge in [-0.25, -0.2) is 4.68 Å². The first kappa shape index (κ1) is 14.9. The van der Waals surface area contributed by atoms with Crippen LogP contribution in [0.4, 0.5) is 0 Å². The van der Waals surface area contributed by atoms with Crippen molar-refractivity contribution < 1.29 is 4.79 Å². The molecule has 1 N–H and O–H groups in total. The summed E-state index contributed by atoms with van der Waals surface area (Å²) in [6.45, 7) is 4.02. The molecule has 0 radical (unpaired) electrons. The summed E-state index contributed by atoms with van der Waals surface area (Å²) in [6.07, 6.45) is 1.49. The minimum Gasteiger partial charge on any atom is -0.346 e. The average molecular weight is 307 g/mol. The number of benzene rings is 2. The lowest BCUT2D eigenvalue weighted by Gasteiger charge is -2.16. The van der Waals surface area contributed by atoms with Crippen LogP contribution in [0.2, 0.25) is 0 Å². The molecule has 0 aliphatic heterocycles. The maximum absolute atomic E-state index is 12.5. The zero-order valence-electron chi connectivity index (χ0n) is 13.0. The lowest BCUT2D eigenvalue weighted by molar-refractivity contribution is 0.0940. The van der Waals surface area contributed by atoms with Crippen LogP contribution in [-0.4, -0.2) is 26.1 Å². The van der Waals surface area contributed by atoms with Gasteiger partial charge < -0.3 is 5.32 Å². The molecule has 1 unspecified atom stereocenters. The third kappa shape index (κ3) is 3.26. The van der Waals surface area contributed by atoms with Crippen LogP contribution >= 0.6 is 0 Å². The Morgan fingerprint density at radius 3 is 2.74 bits per heavy atom. The summed E-state index contributed by atoms with van der Waals surface area (Å²) in [6, 6.07) is 15.1. The average Bonchev–Trinajstić information content (AvgIpc) is 3.10.